The Balaban J connectivity index is 1.65. The van der Waals surface area contributed by atoms with Gasteiger partial charge in [-0.25, -0.2) is 4.99 Å². The third kappa shape index (κ3) is 6.13. The van der Waals surface area contributed by atoms with E-state index >= 15 is 0 Å². The lowest BCUT2D eigenvalue weighted by atomic mass is 10.1. The number of piperidine rings is 1. The highest BCUT2D eigenvalue weighted by atomic mass is 16.5. The van der Waals surface area contributed by atoms with E-state index in [-0.39, 0.29) is 5.91 Å². The minimum Gasteiger partial charge on any atom is -0.493 e. The molecule has 7 heteroatoms. The number of carbonyl (C=O) groups is 1. The Morgan fingerprint density at radius 1 is 1.00 bits per heavy atom. The van der Waals surface area contributed by atoms with Gasteiger partial charge in [0.1, 0.15) is 0 Å². The fraction of sp³-hybridized carbons (Fsp3) is 0.417. The summed E-state index contributed by atoms with van der Waals surface area (Å²) in [6.45, 7) is 4.98. The van der Waals surface area contributed by atoms with Crippen molar-refractivity contribution in [1.82, 2.24) is 10.2 Å². The van der Waals surface area contributed by atoms with Gasteiger partial charge in [0.25, 0.3) is 5.91 Å². The molecule has 1 aliphatic rings. The Bertz CT molecular complexity index is 890. The Morgan fingerprint density at radius 2 is 1.71 bits per heavy atom. The first-order valence-electron chi connectivity index (χ1n) is 10.8. The van der Waals surface area contributed by atoms with Crippen LogP contribution in [-0.2, 0) is 6.54 Å². The molecule has 1 heterocycles. The minimum atomic E-state index is 0.123. The largest absolute Gasteiger partial charge is 0.493 e. The van der Waals surface area contributed by atoms with Crippen LogP contribution >= 0.6 is 0 Å². The van der Waals surface area contributed by atoms with E-state index in [2.05, 4.69) is 15.6 Å². The lowest BCUT2D eigenvalue weighted by Crippen LogP contribution is -2.35. The third-order valence-corrected chi connectivity index (χ3v) is 5.25. The van der Waals surface area contributed by atoms with Gasteiger partial charge < -0.3 is 25.0 Å². The molecule has 7 nitrogen and oxygen atoms in total. The highest BCUT2D eigenvalue weighted by Gasteiger charge is 2.17. The number of nitrogens with zero attached hydrogens (tertiary/aromatic N) is 2. The summed E-state index contributed by atoms with van der Waals surface area (Å²) >= 11 is 0. The number of guanidine groups is 1. The van der Waals surface area contributed by atoms with Crippen molar-refractivity contribution in [3.05, 3.63) is 53.6 Å². The van der Waals surface area contributed by atoms with E-state index in [4.69, 9.17) is 9.47 Å². The predicted octanol–water partition coefficient (Wildman–Crippen LogP) is 3.91. The van der Waals surface area contributed by atoms with E-state index in [1.807, 2.05) is 54.3 Å². The molecule has 1 saturated heterocycles. The van der Waals surface area contributed by atoms with Gasteiger partial charge in [0.2, 0.25) is 0 Å². The predicted molar refractivity (Wildman–Crippen MR) is 124 cm³/mol. The van der Waals surface area contributed by atoms with Gasteiger partial charge in [0.15, 0.2) is 17.5 Å². The van der Waals surface area contributed by atoms with Crippen molar-refractivity contribution in [2.75, 3.05) is 39.2 Å². The zero-order chi connectivity index (χ0) is 22.1. The Kier molecular flexibility index (Phi) is 8.15. The monoisotopic (exact) mass is 424 g/mol. The zero-order valence-corrected chi connectivity index (χ0v) is 18.6. The molecule has 1 fully saturated rings. The molecule has 0 saturated carbocycles. The van der Waals surface area contributed by atoms with Crippen molar-refractivity contribution < 1.29 is 14.3 Å². The Hall–Kier alpha value is -3.22. The van der Waals surface area contributed by atoms with Crippen molar-refractivity contribution >= 4 is 17.6 Å². The number of nitrogens with one attached hydrogen (secondary N) is 2. The van der Waals surface area contributed by atoms with Gasteiger partial charge in [-0.15, -0.1) is 0 Å². The molecule has 3 rings (SSSR count). The van der Waals surface area contributed by atoms with Crippen LogP contribution in [0, 0.1) is 0 Å². The molecule has 166 valence electrons. The fourth-order valence-corrected chi connectivity index (χ4v) is 3.56. The number of hydrogen-bond donors (Lipinski definition) is 2. The summed E-state index contributed by atoms with van der Waals surface area (Å²) in [4.78, 5) is 19.2. The molecular formula is C24H32N4O3. The molecule has 0 unspecified atom stereocenters. The van der Waals surface area contributed by atoms with E-state index < -0.39 is 0 Å². The first kappa shape index (κ1) is 22.5. The second kappa shape index (κ2) is 11.2. The quantitative estimate of drug-likeness (QED) is 0.521. The number of anilines is 1. The molecule has 0 aromatic heterocycles. The maximum Gasteiger partial charge on any atom is 0.253 e. The van der Waals surface area contributed by atoms with E-state index in [0.29, 0.717) is 24.0 Å². The van der Waals surface area contributed by atoms with E-state index in [0.717, 1.165) is 49.3 Å². The number of methoxy groups -OCH3 is 2. The van der Waals surface area contributed by atoms with E-state index in [1.165, 1.54) is 6.42 Å². The van der Waals surface area contributed by atoms with Crippen LogP contribution in [0.25, 0.3) is 0 Å². The number of carbonyl (C=O) groups excluding carboxylic acids is 1. The van der Waals surface area contributed by atoms with E-state index in [9.17, 15) is 4.79 Å². The zero-order valence-electron chi connectivity index (χ0n) is 18.6. The molecule has 0 radical (unpaired) electrons. The summed E-state index contributed by atoms with van der Waals surface area (Å²) in [5, 5.41) is 6.54. The van der Waals surface area contributed by atoms with Gasteiger partial charge >= 0.3 is 0 Å². The number of hydrogen-bond acceptors (Lipinski definition) is 4. The number of rotatable bonds is 7. The van der Waals surface area contributed by atoms with Crippen LogP contribution in [0.4, 0.5) is 5.69 Å². The van der Waals surface area contributed by atoms with Crippen LogP contribution < -0.4 is 20.1 Å². The van der Waals surface area contributed by atoms with Gasteiger partial charge in [0.05, 0.1) is 20.8 Å². The highest BCUT2D eigenvalue weighted by molar-refractivity contribution is 5.95. The summed E-state index contributed by atoms with van der Waals surface area (Å²) in [6.07, 6.45) is 3.41. The molecule has 0 bridgehead atoms. The number of benzene rings is 2. The first-order chi connectivity index (χ1) is 15.1. The third-order valence-electron chi connectivity index (χ3n) is 5.25. The van der Waals surface area contributed by atoms with Crippen molar-refractivity contribution in [3.63, 3.8) is 0 Å². The average Bonchev–Trinajstić information content (AvgIpc) is 2.83. The topological polar surface area (TPSA) is 75.2 Å². The van der Waals surface area contributed by atoms with Gasteiger partial charge in [-0.2, -0.15) is 0 Å². The molecule has 2 N–H and O–H groups in total. The normalized spacial score (nSPS) is 14.2. The van der Waals surface area contributed by atoms with Gasteiger partial charge in [-0.3, -0.25) is 4.79 Å². The number of aliphatic imine (C=N–C) groups is 1. The minimum absolute atomic E-state index is 0.123. The maximum absolute atomic E-state index is 12.6. The molecule has 2 aromatic carbocycles. The lowest BCUT2D eigenvalue weighted by Gasteiger charge is -2.26. The number of likely N-dealkylation sites (tertiary alicyclic amines) is 1. The van der Waals surface area contributed by atoms with Gasteiger partial charge in [-0.05, 0) is 56.0 Å². The van der Waals surface area contributed by atoms with Crippen LogP contribution in [0.3, 0.4) is 0 Å². The SMILES string of the molecule is CCNC(=NCc1ccc(C(=O)N2CCCCC2)cc1)Nc1ccc(OC)c(OC)c1. The summed E-state index contributed by atoms with van der Waals surface area (Å²) in [7, 11) is 3.22. The van der Waals surface area contributed by atoms with E-state index in [1.54, 1.807) is 14.2 Å². The van der Waals surface area contributed by atoms with Crippen LogP contribution in [0.2, 0.25) is 0 Å². The van der Waals surface area contributed by atoms with Crippen LogP contribution in [0.15, 0.2) is 47.5 Å². The standard InChI is InChI=1S/C24H32N4O3/c1-4-25-24(27-20-12-13-21(30-2)22(16-20)31-3)26-17-18-8-10-19(11-9-18)23(29)28-14-6-5-7-15-28/h8-13,16H,4-7,14-15,17H2,1-3H3,(H2,25,26,27). The molecule has 0 spiro atoms. The Labute approximate surface area is 184 Å². The summed E-state index contributed by atoms with van der Waals surface area (Å²) in [6, 6.07) is 13.4. The second-order valence-corrected chi connectivity index (χ2v) is 7.44. The maximum atomic E-state index is 12.6. The van der Waals surface area contributed by atoms with Crippen molar-refractivity contribution in [3.8, 4) is 11.5 Å². The van der Waals surface area contributed by atoms with Crippen LogP contribution in [0.5, 0.6) is 11.5 Å². The smallest absolute Gasteiger partial charge is 0.253 e. The Morgan fingerprint density at radius 3 is 2.35 bits per heavy atom. The average molecular weight is 425 g/mol. The number of amides is 1. The molecule has 1 amide bonds. The van der Waals surface area contributed by atoms with Crippen LogP contribution in [-0.4, -0.2) is 50.6 Å². The molecular weight excluding hydrogens is 392 g/mol. The molecule has 0 aliphatic carbocycles. The summed E-state index contributed by atoms with van der Waals surface area (Å²) in [5.41, 5.74) is 2.63. The molecule has 2 aromatic rings. The first-order valence-corrected chi connectivity index (χ1v) is 10.8. The van der Waals surface area contributed by atoms with Gasteiger partial charge in [0, 0.05) is 37.0 Å². The highest BCUT2D eigenvalue weighted by Crippen LogP contribution is 2.29. The molecule has 1 aliphatic heterocycles. The summed E-state index contributed by atoms with van der Waals surface area (Å²) < 4.78 is 10.7. The van der Waals surface area contributed by atoms with Gasteiger partial charge in [-0.1, -0.05) is 12.1 Å². The lowest BCUT2D eigenvalue weighted by molar-refractivity contribution is 0.0724. The van der Waals surface area contributed by atoms with Crippen molar-refractivity contribution in [2.45, 2.75) is 32.7 Å². The number of ether oxygens (including phenoxy) is 2. The van der Waals surface area contributed by atoms with Crippen molar-refractivity contribution in [1.29, 1.82) is 0 Å². The van der Waals surface area contributed by atoms with Crippen molar-refractivity contribution in [2.24, 2.45) is 4.99 Å². The summed E-state index contributed by atoms with van der Waals surface area (Å²) in [5.74, 6) is 2.12. The fourth-order valence-electron chi connectivity index (χ4n) is 3.56. The molecule has 0 atom stereocenters. The molecule has 31 heavy (non-hydrogen) atoms. The second-order valence-electron chi connectivity index (χ2n) is 7.44. The van der Waals surface area contributed by atoms with Crippen LogP contribution in [0.1, 0.15) is 42.1 Å².